The Morgan fingerprint density at radius 3 is 2.07 bits per heavy atom. The summed E-state index contributed by atoms with van der Waals surface area (Å²) in [6.45, 7) is 22.5. The number of aldehydes is 2. The first-order valence-electron chi connectivity index (χ1n) is 28.7. The third-order valence-electron chi connectivity index (χ3n) is 13.2. The highest BCUT2D eigenvalue weighted by Gasteiger charge is 2.37. The number of carbonyl (C=O) groups excluding carboxylic acids is 8. The summed E-state index contributed by atoms with van der Waals surface area (Å²) in [5, 5.41) is 18.5. The van der Waals surface area contributed by atoms with Crippen LogP contribution in [0.4, 0.5) is 0 Å². The molecule has 0 bridgehead atoms. The monoisotopic (exact) mass is 1200 g/mol. The third-order valence-corrected chi connectivity index (χ3v) is 15.0. The van der Waals surface area contributed by atoms with Gasteiger partial charge in [-0.1, -0.05) is 122 Å². The van der Waals surface area contributed by atoms with Gasteiger partial charge in [-0.2, -0.15) is 8.42 Å². The molecule has 1 saturated heterocycles. The van der Waals surface area contributed by atoms with Crippen LogP contribution in [-0.4, -0.2) is 130 Å². The number of carbonyl (C=O) groups is 8. The predicted octanol–water partition coefficient (Wildman–Crippen LogP) is 8.96. The number of ether oxygens (including phenoxy) is 2. The predicted molar refractivity (Wildman–Crippen MR) is 333 cm³/mol. The van der Waals surface area contributed by atoms with E-state index in [-0.39, 0.29) is 67.7 Å². The number of amides is 5. The molecule has 1 aromatic heterocycles. The number of thiophene rings is 1. The zero-order valence-electron chi connectivity index (χ0n) is 51.2. The minimum absolute atomic E-state index is 0.0140. The van der Waals surface area contributed by atoms with Crippen molar-refractivity contribution in [3.8, 4) is 5.75 Å². The number of aryl methyl sites for hydroxylation is 1. The summed E-state index contributed by atoms with van der Waals surface area (Å²) in [6.07, 6.45) is 3.18. The Balaban J connectivity index is 0.000000827. The molecule has 4 atom stereocenters. The van der Waals surface area contributed by atoms with Crippen LogP contribution < -0.4 is 31.3 Å². The first-order valence-corrected chi connectivity index (χ1v) is 31.2. The molecule has 1 aliphatic heterocycles. The molecule has 1 fully saturated rings. The fourth-order valence-electron chi connectivity index (χ4n) is 9.41. The average molecular weight is 1200 g/mol. The zero-order valence-corrected chi connectivity index (χ0v) is 52.8. The van der Waals surface area contributed by atoms with Crippen molar-refractivity contribution in [3.05, 3.63) is 112 Å². The van der Waals surface area contributed by atoms with E-state index in [4.69, 9.17) is 4.74 Å². The standard InChI is InChI=1S/C41H49N5O13S.C9H8S.C8H19N.C3H8.C2H6/c1-4-59-34-17-16-27-9-5-6-11-31(27)37(34)40(53)45-32(20-26-14-15-28(24-60(55,56)57)29(19-26)22-47)38(51)43-25(2)41(54)46-18-8-12-33(46)39(52)42-21-35(49)44-30(23-48)10-7-13-36(50)58-3;1-7-6-10-9-5-3-2-4-8(7)9;1-6(2)8(9-5)7(3)4;1-3-2;1-2/h5-6,9,11,14-17,19,22-23,25,30,32-33H,4,7-8,10,12-13,18,20-21,24H2,1-3H3,(H,42,52)(H,43,51)(H,44,49)(H,45,53)(H,55,56,57);2-6H,1H3;6-9H,1-5H3;3H2,1-2H3;1-2H3. The van der Waals surface area contributed by atoms with Crippen molar-refractivity contribution in [2.75, 3.05) is 33.9 Å². The summed E-state index contributed by atoms with van der Waals surface area (Å²) in [5.74, 6) is -2.93. The lowest BCUT2D eigenvalue weighted by molar-refractivity contribution is -0.141. The first kappa shape index (κ1) is 73.0. The lowest BCUT2D eigenvalue weighted by atomic mass is 9.94. The maximum Gasteiger partial charge on any atom is 0.305 e. The van der Waals surface area contributed by atoms with Crippen LogP contribution in [0.5, 0.6) is 5.75 Å². The van der Waals surface area contributed by atoms with E-state index in [9.17, 15) is 51.3 Å². The Labute approximate surface area is 500 Å². The van der Waals surface area contributed by atoms with Gasteiger partial charge in [0.1, 0.15) is 42.2 Å². The van der Waals surface area contributed by atoms with Gasteiger partial charge in [0.15, 0.2) is 0 Å². The second kappa shape index (κ2) is 38.0. The fourth-order valence-corrected chi connectivity index (χ4v) is 11.0. The molecule has 0 radical (unpaired) electrons. The van der Waals surface area contributed by atoms with Crippen LogP contribution in [0.15, 0.2) is 84.2 Å². The van der Waals surface area contributed by atoms with E-state index in [0.717, 1.165) is 17.2 Å². The molecule has 84 heavy (non-hydrogen) atoms. The number of fused-ring (bicyclic) bond motifs is 2. The second-order valence-corrected chi connectivity index (χ2v) is 22.9. The lowest BCUT2D eigenvalue weighted by Gasteiger charge is -2.28. The molecule has 0 saturated carbocycles. The molecule has 2 heterocycles. The highest BCUT2D eigenvalue weighted by molar-refractivity contribution is 7.85. The normalized spacial score (nSPS) is 13.7. The molecule has 4 aromatic carbocycles. The molecule has 5 amide bonds. The summed E-state index contributed by atoms with van der Waals surface area (Å²) in [7, 11) is -1.21. The van der Waals surface area contributed by atoms with Gasteiger partial charge < -0.3 is 45.8 Å². The van der Waals surface area contributed by atoms with Gasteiger partial charge in [0.25, 0.3) is 16.0 Å². The van der Waals surface area contributed by atoms with E-state index < -0.39 is 82.1 Å². The van der Waals surface area contributed by atoms with Gasteiger partial charge in [-0.25, -0.2) is 0 Å². The van der Waals surface area contributed by atoms with Crippen LogP contribution in [-0.2, 0) is 55.8 Å². The van der Waals surface area contributed by atoms with Crippen LogP contribution in [0.2, 0.25) is 0 Å². The summed E-state index contributed by atoms with van der Waals surface area (Å²) < 4.78 is 44.2. The zero-order chi connectivity index (χ0) is 63.1. The number of hydrogen-bond donors (Lipinski definition) is 6. The van der Waals surface area contributed by atoms with Crippen molar-refractivity contribution in [2.45, 2.75) is 157 Å². The Bertz CT molecular complexity index is 3030. The van der Waals surface area contributed by atoms with Crippen LogP contribution in [0.1, 0.15) is 145 Å². The van der Waals surface area contributed by atoms with Gasteiger partial charge in [-0.3, -0.25) is 38.1 Å². The summed E-state index contributed by atoms with van der Waals surface area (Å²) in [5.41, 5.74) is 1.82. The van der Waals surface area contributed by atoms with Gasteiger partial charge in [0, 0.05) is 35.7 Å². The second-order valence-electron chi connectivity index (χ2n) is 20.5. The van der Waals surface area contributed by atoms with Crippen LogP contribution in [0.25, 0.3) is 20.9 Å². The molecule has 21 heteroatoms. The number of benzene rings is 4. The van der Waals surface area contributed by atoms with Gasteiger partial charge >= 0.3 is 5.97 Å². The van der Waals surface area contributed by atoms with E-state index in [0.29, 0.717) is 36.0 Å². The molecule has 462 valence electrons. The number of nitrogens with one attached hydrogen (secondary N) is 5. The molecular weight excluding hydrogens is 1110 g/mol. The Morgan fingerprint density at radius 1 is 0.857 bits per heavy atom. The molecule has 1 aliphatic rings. The molecule has 0 spiro atoms. The minimum atomic E-state index is -4.48. The van der Waals surface area contributed by atoms with Crippen LogP contribution in [0, 0.1) is 18.8 Å². The quantitative estimate of drug-likeness (QED) is 0.0191. The van der Waals surface area contributed by atoms with Crippen molar-refractivity contribution in [3.63, 3.8) is 0 Å². The fraction of sp³-hybridized carbons (Fsp3) is 0.492. The number of hydrogen-bond acceptors (Lipinski definition) is 14. The van der Waals surface area contributed by atoms with Crippen molar-refractivity contribution in [1.29, 1.82) is 0 Å². The number of nitrogens with zero attached hydrogens (tertiary/aromatic N) is 1. The van der Waals surface area contributed by atoms with Crippen molar-refractivity contribution in [1.82, 2.24) is 31.5 Å². The summed E-state index contributed by atoms with van der Waals surface area (Å²) in [4.78, 5) is 104. The van der Waals surface area contributed by atoms with Crippen molar-refractivity contribution >= 4 is 90.4 Å². The van der Waals surface area contributed by atoms with E-state index in [1.807, 2.05) is 32.2 Å². The smallest absolute Gasteiger partial charge is 0.305 e. The van der Waals surface area contributed by atoms with Gasteiger partial charge in [0.05, 0.1) is 31.9 Å². The number of methoxy groups -OCH3 is 1. The van der Waals surface area contributed by atoms with Gasteiger partial charge in [-0.15, -0.1) is 11.3 Å². The topological polar surface area (TPSA) is 273 Å². The molecule has 19 nitrogen and oxygen atoms in total. The average Bonchev–Trinajstić information content (AvgIpc) is 4.13. The largest absolute Gasteiger partial charge is 0.493 e. The van der Waals surface area contributed by atoms with Gasteiger partial charge in [0.2, 0.25) is 23.6 Å². The molecular formula is C63H90N6O13S2. The Morgan fingerprint density at radius 2 is 1.50 bits per heavy atom. The molecule has 4 unspecified atom stereocenters. The number of likely N-dealkylation sites (tertiary alicyclic amines) is 1. The van der Waals surface area contributed by atoms with E-state index >= 15 is 0 Å². The van der Waals surface area contributed by atoms with Crippen LogP contribution in [0.3, 0.4) is 0 Å². The first-order chi connectivity index (χ1) is 40.0. The number of rotatable bonds is 24. The molecule has 0 aliphatic carbocycles. The highest BCUT2D eigenvalue weighted by Crippen LogP contribution is 2.29. The minimum Gasteiger partial charge on any atom is -0.493 e. The third kappa shape index (κ3) is 23.9. The highest BCUT2D eigenvalue weighted by atomic mass is 32.2. The maximum atomic E-state index is 14.1. The maximum absolute atomic E-state index is 14.1. The van der Waals surface area contributed by atoms with Crippen molar-refractivity contribution < 1.29 is 60.8 Å². The Kier molecular flexibility index (Phi) is 33.0. The molecule has 6 rings (SSSR count). The lowest BCUT2D eigenvalue weighted by Crippen LogP contribution is -2.56. The molecule has 6 N–H and O–H groups in total. The molecule has 5 aromatic rings. The van der Waals surface area contributed by atoms with Crippen LogP contribution >= 0.6 is 11.3 Å². The summed E-state index contributed by atoms with van der Waals surface area (Å²) in [6, 6.07) is 19.3. The number of esters is 1. The van der Waals surface area contributed by atoms with E-state index in [1.165, 1.54) is 59.2 Å². The van der Waals surface area contributed by atoms with Crippen molar-refractivity contribution in [2.24, 2.45) is 11.8 Å². The SMILES string of the molecule is CC.CCC.CCOc1ccc2ccccc2c1C(=O)NC(Cc1ccc(CS(=O)(=O)O)c(C=O)c1)C(=O)NC(C)C(=O)N1CCCC1C(=O)NCC(=O)NC(C=O)CCCC(=O)OC.CNC(C(C)C)C(C)C.Cc1csc2ccccc12. The Hall–Kier alpha value is -7.07. The van der Waals surface area contributed by atoms with E-state index in [1.54, 1.807) is 43.3 Å². The van der Waals surface area contributed by atoms with Gasteiger partial charge in [-0.05, 0) is 122 Å². The summed E-state index contributed by atoms with van der Waals surface area (Å²) >= 11 is 1.81. The van der Waals surface area contributed by atoms with E-state index in [2.05, 4.69) is 109 Å².